The largest absolute Gasteiger partial charge is 0.508 e. The summed E-state index contributed by atoms with van der Waals surface area (Å²) in [6.07, 6.45) is 0. The fourth-order valence-electron chi connectivity index (χ4n) is 6.06. The van der Waals surface area contributed by atoms with Crippen LogP contribution in [0.2, 0.25) is 0 Å². The second-order valence-corrected chi connectivity index (χ2v) is 23.2. The van der Waals surface area contributed by atoms with Gasteiger partial charge in [-0.05, 0) is 171 Å². The third kappa shape index (κ3) is 48.8. The first-order valence-electron chi connectivity index (χ1n) is 28.7. The third-order valence-electron chi connectivity index (χ3n) is 11.8. The van der Waals surface area contributed by atoms with E-state index in [1.807, 2.05) is 222 Å². The summed E-state index contributed by atoms with van der Waals surface area (Å²) in [5.74, 6) is 0.895. The van der Waals surface area contributed by atoms with Gasteiger partial charge in [-0.25, -0.2) is 0 Å². The van der Waals surface area contributed by atoms with Gasteiger partial charge in [-0.2, -0.15) is 0 Å². The summed E-state index contributed by atoms with van der Waals surface area (Å²) in [4.78, 5) is 6.62. The van der Waals surface area contributed by atoms with Gasteiger partial charge >= 0.3 is 0 Å². The molecule has 0 atom stereocenters. The van der Waals surface area contributed by atoms with Gasteiger partial charge in [0, 0.05) is 61.9 Å². The van der Waals surface area contributed by atoms with Gasteiger partial charge in [0.05, 0.1) is 0 Å². The lowest BCUT2D eigenvalue weighted by atomic mass is 10.2. The molecule has 102 heavy (non-hydrogen) atoms. The molecule has 20 heteroatoms. The molecule has 0 fully saturated rings. The first kappa shape index (κ1) is 104. The van der Waals surface area contributed by atoms with Crippen molar-refractivity contribution in [3.8, 4) is 46.0 Å². The van der Waals surface area contributed by atoms with Crippen LogP contribution >= 0.6 is 101 Å². The van der Waals surface area contributed by atoms with Crippen LogP contribution in [0.25, 0.3) is 0 Å². The van der Waals surface area contributed by atoms with E-state index in [1.54, 1.807) is 72.8 Å². The van der Waals surface area contributed by atoms with Crippen LogP contribution in [-0.2, 0) is 0 Å². The summed E-state index contributed by atoms with van der Waals surface area (Å²) in [5.41, 5.74) is 29.3. The zero-order valence-electron chi connectivity index (χ0n) is 53.2. The van der Waals surface area contributed by atoms with E-state index in [-0.39, 0.29) is 79.1 Å². The number of rotatable bonds is 0. The third-order valence-corrected chi connectivity index (χ3v) is 15.3. The van der Waals surface area contributed by atoms with E-state index >= 15 is 0 Å². The molecule has 16 N–H and O–H groups in total. The molecular weight excluding hydrogens is 1430 g/mol. The number of benzene rings is 12. The normalized spacial score (nSPS) is 8.59. The van der Waals surface area contributed by atoms with E-state index < -0.39 is 0 Å². The minimum absolute atomic E-state index is 0. The zero-order chi connectivity index (χ0) is 71.8. The molecular formula is C82H108N4O8S8. The molecule has 12 nitrogen and oxygen atoms in total. The van der Waals surface area contributed by atoms with Crippen molar-refractivity contribution in [1.29, 1.82) is 0 Å². The minimum Gasteiger partial charge on any atom is -0.508 e. The highest BCUT2D eigenvalue weighted by Crippen LogP contribution is 2.24. The number of nitrogen functional groups attached to an aromatic ring is 4. The van der Waals surface area contributed by atoms with Gasteiger partial charge in [-0.15, -0.1) is 101 Å². The molecule has 0 saturated heterocycles. The SMILES string of the molecule is C.C.C.C.C.C.Cc1ccccc1N.Cc1ccccc1N.Cc1ccccc1O.Cc1ccccc1O.Nc1ccccc1S.Nc1ccccc1S.Oc1ccccc1O.Oc1ccccc1O.Oc1ccccc1S.Oc1ccccc1S.Sc1ccccc1S.Sc1ccccc1S. The molecule has 12 rings (SSSR count). The molecule has 0 amide bonds. The monoisotopic (exact) mass is 1530 g/mol. The molecule has 552 valence electrons. The van der Waals surface area contributed by atoms with Gasteiger partial charge in [0.15, 0.2) is 23.0 Å². The number of hydrogen-bond acceptors (Lipinski definition) is 20. The Kier molecular flexibility index (Phi) is 63.1. The van der Waals surface area contributed by atoms with Crippen molar-refractivity contribution in [1.82, 2.24) is 0 Å². The lowest BCUT2D eigenvalue weighted by molar-refractivity contribution is 0.404. The van der Waals surface area contributed by atoms with Gasteiger partial charge < -0.3 is 63.8 Å². The number of thiol groups is 8. The van der Waals surface area contributed by atoms with Gasteiger partial charge in [0.2, 0.25) is 0 Å². The van der Waals surface area contributed by atoms with Crippen molar-refractivity contribution >= 4 is 124 Å². The van der Waals surface area contributed by atoms with Gasteiger partial charge in [-0.3, -0.25) is 0 Å². The maximum atomic E-state index is 8.92. The predicted molar refractivity (Wildman–Crippen MR) is 466 cm³/mol. The molecule has 0 unspecified atom stereocenters. The van der Waals surface area contributed by atoms with Crippen LogP contribution in [0.5, 0.6) is 46.0 Å². The highest BCUT2D eigenvalue weighted by atomic mass is 32.1. The lowest BCUT2D eigenvalue weighted by Crippen LogP contribution is -1.85. The first-order valence-corrected chi connectivity index (χ1v) is 32.2. The molecule has 0 aromatic heterocycles. The van der Waals surface area contributed by atoms with Crippen molar-refractivity contribution in [3.05, 3.63) is 313 Å². The first-order chi connectivity index (χ1) is 45.7. The molecule has 0 spiro atoms. The van der Waals surface area contributed by atoms with E-state index in [2.05, 4.69) is 101 Å². The van der Waals surface area contributed by atoms with Gasteiger partial charge in [0.1, 0.15) is 23.0 Å². The quantitative estimate of drug-likeness (QED) is 0.0384. The molecule has 12 aromatic carbocycles. The van der Waals surface area contributed by atoms with E-state index in [9.17, 15) is 0 Å². The second-order valence-electron chi connectivity index (χ2n) is 19.3. The summed E-state index contributed by atoms with van der Waals surface area (Å²) in [6.45, 7) is 7.73. The average Bonchev–Trinajstić information content (AvgIpc) is 3.58. The van der Waals surface area contributed by atoms with Crippen LogP contribution in [-0.4, -0.2) is 40.9 Å². The fourth-order valence-corrected chi connectivity index (χ4v) is 7.35. The summed E-state index contributed by atoms with van der Waals surface area (Å²) in [7, 11) is 0. The molecule has 0 bridgehead atoms. The predicted octanol–water partition coefficient (Wildman–Crippen LogP) is 23.6. The maximum Gasteiger partial charge on any atom is 0.157 e. The van der Waals surface area contributed by atoms with Gasteiger partial charge in [0.25, 0.3) is 0 Å². The van der Waals surface area contributed by atoms with Crippen LogP contribution in [0.1, 0.15) is 66.8 Å². The average molecular weight is 1530 g/mol. The van der Waals surface area contributed by atoms with Gasteiger partial charge in [-0.1, -0.05) is 214 Å². The molecule has 0 aliphatic heterocycles. The van der Waals surface area contributed by atoms with E-state index in [1.165, 1.54) is 24.3 Å². The Bertz CT molecular complexity index is 2910. The van der Waals surface area contributed by atoms with Crippen molar-refractivity contribution in [2.75, 3.05) is 22.9 Å². The smallest absolute Gasteiger partial charge is 0.157 e. The standard InChI is InChI=1S/2C7H9N.2C7H8O.2C6H7NS.2C6H6O2.2C6H6OS.2C6H6S2.6CH4/c4*1-6-4-2-3-5-7(6)8;8*7-5-3-1-2-4-6(5)8;;;;;;/h2*2-5H,8H2,1H3;2*2-5,8H,1H3;2*1-4,8H,7H2;6*1-4,7-8H;6*1H4. The molecule has 0 saturated carbocycles. The lowest BCUT2D eigenvalue weighted by Gasteiger charge is -1.93. The second kappa shape index (κ2) is 61.9. The Morgan fingerprint density at radius 3 is 0.412 bits per heavy atom. The minimum atomic E-state index is -0.0764. The number of phenolic OH excluding ortho intramolecular Hbond substituents is 8. The van der Waals surface area contributed by atoms with Crippen LogP contribution in [0, 0.1) is 27.7 Å². The molecule has 12 aromatic rings. The highest BCUT2D eigenvalue weighted by Gasteiger charge is 1.95. The zero-order valence-corrected chi connectivity index (χ0v) is 60.3. The van der Waals surface area contributed by atoms with Crippen LogP contribution < -0.4 is 22.9 Å². The highest BCUT2D eigenvalue weighted by molar-refractivity contribution is 7.84. The number of para-hydroxylation sites is 12. The molecule has 0 aliphatic carbocycles. The Morgan fingerprint density at radius 2 is 0.314 bits per heavy atom. The molecule has 0 heterocycles. The molecule has 0 radical (unpaired) electrons. The van der Waals surface area contributed by atoms with Crippen molar-refractivity contribution in [3.63, 3.8) is 0 Å². The number of hydrogen-bond donors (Lipinski definition) is 20. The Balaban J connectivity index is -0.000000245. The number of phenols is 8. The number of anilines is 4. The summed E-state index contributed by atoms with van der Waals surface area (Å²) < 4.78 is 0. The van der Waals surface area contributed by atoms with E-state index in [0.717, 1.165) is 74.4 Å². The summed E-state index contributed by atoms with van der Waals surface area (Å²) in [5, 5.41) is 70.2. The summed E-state index contributed by atoms with van der Waals surface area (Å²) >= 11 is 32.5. The van der Waals surface area contributed by atoms with E-state index in [4.69, 9.17) is 63.8 Å². The van der Waals surface area contributed by atoms with Crippen LogP contribution in [0.4, 0.5) is 22.7 Å². The van der Waals surface area contributed by atoms with Crippen molar-refractivity contribution < 1.29 is 40.9 Å². The van der Waals surface area contributed by atoms with E-state index in [0.29, 0.717) is 21.3 Å². The summed E-state index contributed by atoms with van der Waals surface area (Å²) in [6, 6.07) is 86.5. The number of aryl methyl sites for hydroxylation is 4. The van der Waals surface area contributed by atoms with Crippen molar-refractivity contribution in [2.24, 2.45) is 0 Å². The number of aromatic hydroxyl groups is 8. The Hall–Kier alpha value is -8.96. The topological polar surface area (TPSA) is 266 Å². The van der Waals surface area contributed by atoms with Crippen LogP contribution in [0.15, 0.2) is 330 Å². The Labute approximate surface area is 653 Å². The van der Waals surface area contributed by atoms with Crippen LogP contribution in [0.3, 0.4) is 0 Å². The Morgan fingerprint density at radius 1 is 0.167 bits per heavy atom. The number of nitrogens with two attached hydrogens (primary N) is 4. The molecule has 0 aliphatic rings. The maximum absolute atomic E-state index is 8.92. The van der Waals surface area contributed by atoms with Crippen molar-refractivity contribution in [2.45, 2.75) is 111 Å². The fraction of sp³-hybridized carbons (Fsp3) is 0.122.